The Morgan fingerprint density at radius 3 is 2.14 bits per heavy atom. The maximum atomic E-state index is 12.7. The summed E-state index contributed by atoms with van der Waals surface area (Å²) < 4.78 is 0. The molecule has 2 rings (SSSR count). The highest BCUT2D eigenvalue weighted by atomic mass is 16.4. The van der Waals surface area contributed by atoms with Crippen LogP contribution in [0.4, 0.5) is 0 Å². The van der Waals surface area contributed by atoms with Crippen LogP contribution in [0.25, 0.3) is 0 Å². The van der Waals surface area contributed by atoms with E-state index in [0.717, 1.165) is 32.1 Å². The van der Waals surface area contributed by atoms with Crippen LogP contribution in [0.2, 0.25) is 0 Å². The molecule has 120 valence electrons. The molecule has 4 nitrogen and oxygen atoms in total. The lowest BCUT2D eigenvalue weighted by molar-refractivity contribution is -0.149. The van der Waals surface area contributed by atoms with Gasteiger partial charge in [-0.1, -0.05) is 20.8 Å². The smallest absolute Gasteiger partial charge is 0.307 e. The average molecular weight is 295 g/mol. The summed E-state index contributed by atoms with van der Waals surface area (Å²) in [4.78, 5) is 26.0. The molecule has 2 fully saturated rings. The normalized spacial score (nSPS) is 32.9. The standard InChI is InChI=1S/C17H29NO3/c1-11-9-13(14(10-11)16(20)21)15(19)18(4)12-5-7-17(2,3)8-6-12/h11-14H,5-10H2,1-4H3,(H,20,21). The lowest BCUT2D eigenvalue weighted by atomic mass is 9.75. The minimum Gasteiger partial charge on any atom is -0.481 e. The van der Waals surface area contributed by atoms with Gasteiger partial charge in [0, 0.05) is 13.1 Å². The molecule has 0 spiro atoms. The molecule has 0 saturated heterocycles. The van der Waals surface area contributed by atoms with E-state index in [-0.39, 0.29) is 17.9 Å². The zero-order valence-corrected chi connectivity index (χ0v) is 13.8. The molecule has 4 heteroatoms. The molecule has 0 aromatic rings. The van der Waals surface area contributed by atoms with E-state index in [1.54, 1.807) is 0 Å². The van der Waals surface area contributed by atoms with Gasteiger partial charge in [0.05, 0.1) is 11.8 Å². The molecule has 0 aliphatic heterocycles. The number of carbonyl (C=O) groups is 2. The Morgan fingerprint density at radius 2 is 1.62 bits per heavy atom. The Kier molecular flexibility index (Phi) is 4.64. The average Bonchev–Trinajstić information content (AvgIpc) is 2.79. The third-order valence-corrected chi connectivity index (χ3v) is 5.64. The molecule has 1 amide bonds. The number of rotatable bonds is 3. The molecule has 0 aromatic heterocycles. The second kappa shape index (κ2) is 5.98. The van der Waals surface area contributed by atoms with Crippen LogP contribution < -0.4 is 0 Å². The lowest BCUT2D eigenvalue weighted by Gasteiger charge is -2.39. The summed E-state index contributed by atoms with van der Waals surface area (Å²) in [5, 5.41) is 9.34. The summed E-state index contributed by atoms with van der Waals surface area (Å²) in [6.45, 7) is 6.61. The van der Waals surface area contributed by atoms with Gasteiger partial charge < -0.3 is 10.0 Å². The largest absolute Gasteiger partial charge is 0.481 e. The van der Waals surface area contributed by atoms with Gasteiger partial charge in [0.2, 0.25) is 5.91 Å². The number of hydrogen-bond donors (Lipinski definition) is 1. The minimum atomic E-state index is -0.809. The van der Waals surface area contributed by atoms with Crippen LogP contribution in [0.3, 0.4) is 0 Å². The molecule has 0 heterocycles. The number of aliphatic carboxylic acids is 1. The first kappa shape index (κ1) is 16.3. The van der Waals surface area contributed by atoms with Crippen molar-refractivity contribution < 1.29 is 14.7 Å². The van der Waals surface area contributed by atoms with Gasteiger partial charge in [-0.05, 0) is 49.9 Å². The molecule has 2 aliphatic carbocycles. The van der Waals surface area contributed by atoms with Crippen LogP contribution in [0, 0.1) is 23.2 Å². The molecule has 3 unspecified atom stereocenters. The molecule has 2 aliphatic rings. The number of carboxylic acid groups (broad SMARTS) is 1. The topological polar surface area (TPSA) is 57.6 Å². The van der Waals surface area contributed by atoms with Crippen molar-refractivity contribution in [3.05, 3.63) is 0 Å². The Hall–Kier alpha value is -1.06. The molecule has 2 saturated carbocycles. The van der Waals surface area contributed by atoms with E-state index in [9.17, 15) is 14.7 Å². The highest BCUT2D eigenvalue weighted by molar-refractivity contribution is 5.85. The Balaban J connectivity index is 2.00. The Labute approximate surface area is 127 Å². The zero-order chi connectivity index (χ0) is 15.8. The van der Waals surface area contributed by atoms with Gasteiger partial charge in [0.15, 0.2) is 0 Å². The van der Waals surface area contributed by atoms with Crippen molar-refractivity contribution in [3.8, 4) is 0 Å². The summed E-state index contributed by atoms with van der Waals surface area (Å²) in [5.41, 5.74) is 0.381. The van der Waals surface area contributed by atoms with Crippen molar-refractivity contribution in [1.82, 2.24) is 4.90 Å². The van der Waals surface area contributed by atoms with E-state index < -0.39 is 11.9 Å². The highest BCUT2D eigenvalue weighted by Gasteiger charge is 2.43. The first-order chi connectivity index (χ1) is 9.71. The van der Waals surface area contributed by atoms with E-state index in [1.165, 1.54) is 0 Å². The fourth-order valence-electron chi connectivity index (χ4n) is 4.05. The van der Waals surface area contributed by atoms with Gasteiger partial charge in [-0.3, -0.25) is 9.59 Å². The Bertz CT molecular complexity index is 408. The maximum absolute atomic E-state index is 12.7. The van der Waals surface area contributed by atoms with Crippen LogP contribution in [0.5, 0.6) is 0 Å². The van der Waals surface area contributed by atoms with E-state index in [1.807, 2.05) is 18.9 Å². The zero-order valence-electron chi connectivity index (χ0n) is 13.8. The fourth-order valence-corrected chi connectivity index (χ4v) is 4.05. The second-order valence-corrected chi connectivity index (χ2v) is 7.97. The summed E-state index contributed by atoms with van der Waals surface area (Å²) in [6, 6.07) is 0.288. The van der Waals surface area contributed by atoms with Crippen molar-refractivity contribution in [2.75, 3.05) is 7.05 Å². The van der Waals surface area contributed by atoms with Gasteiger partial charge in [0.25, 0.3) is 0 Å². The van der Waals surface area contributed by atoms with Crippen molar-refractivity contribution in [2.24, 2.45) is 23.2 Å². The molecule has 0 aromatic carbocycles. The van der Waals surface area contributed by atoms with E-state index in [4.69, 9.17) is 0 Å². The van der Waals surface area contributed by atoms with Gasteiger partial charge in [-0.25, -0.2) is 0 Å². The van der Waals surface area contributed by atoms with Crippen LogP contribution in [0.15, 0.2) is 0 Å². The van der Waals surface area contributed by atoms with Gasteiger partial charge in [-0.15, -0.1) is 0 Å². The molecular formula is C17H29NO3. The van der Waals surface area contributed by atoms with Crippen molar-refractivity contribution in [2.45, 2.75) is 65.3 Å². The predicted molar refractivity (Wildman–Crippen MR) is 81.8 cm³/mol. The minimum absolute atomic E-state index is 0.0523. The van der Waals surface area contributed by atoms with Gasteiger partial charge in [0.1, 0.15) is 0 Å². The van der Waals surface area contributed by atoms with E-state index in [0.29, 0.717) is 17.8 Å². The molecular weight excluding hydrogens is 266 g/mol. The van der Waals surface area contributed by atoms with Gasteiger partial charge in [-0.2, -0.15) is 0 Å². The summed E-state index contributed by atoms with van der Waals surface area (Å²) in [7, 11) is 1.87. The molecule has 3 atom stereocenters. The van der Waals surface area contributed by atoms with Crippen LogP contribution in [0.1, 0.15) is 59.3 Å². The second-order valence-electron chi connectivity index (χ2n) is 7.97. The molecule has 1 N–H and O–H groups in total. The van der Waals surface area contributed by atoms with Crippen LogP contribution in [-0.2, 0) is 9.59 Å². The summed E-state index contributed by atoms with van der Waals surface area (Å²) in [6.07, 6.45) is 5.71. The molecule has 21 heavy (non-hydrogen) atoms. The highest BCUT2D eigenvalue weighted by Crippen LogP contribution is 2.40. The monoisotopic (exact) mass is 295 g/mol. The van der Waals surface area contributed by atoms with Crippen LogP contribution >= 0.6 is 0 Å². The quantitative estimate of drug-likeness (QED) is 0.870. The number of amides is 1. The summed E-state index contributed by atoms with van der Waals surface area (Å²) >= 11 is 0. The number of carboxylic acids is 1. The van der Waals surface area contributed by atoms with E-state index in [2.05, 4.69) is 13.8 Å². The predicted octanol–water partition coefficient (Wildman–Crippen LogP) is 3.16. The first-order valence-electron chi connectivity index (χ1n) is 8.21. The first-order valence-corrected chi connectivity index (χ1v) is 8.21. The maximum Gasteiger partial charge on any atom is 0.307 e. The van der Waals surface area contributed by atoms with Crippen molar-refractivity contribution in [1.29, 1.82) is 0 Å². The third-order valence-electron chi connectivity index (χ3n) is 5.64. The third kappa shape index (κ3) is 3.58. The SMILES string of the molecule is CC1CC(C(=O)O)C(C(=O)N(C)C2CCC(C)(C)CC2)C1. The summed E-state index contributed by atoms with van der Waals surface area (Å²) in [5.74, 6) is -1.24. The van der Waals surface area contributed by atoms with Gasteiger partial charge >= 0.3 is 5.97 Å². The molecule has 0 bridgehead atoms. The number of hydrogen-bond acceptors (Lipinski definition) is 2. The van der Waals surface area contributed by atoms with Crippen molar-refractivity contribution in [3.63, 3.8) is 0 Å². The lowest BCUT2D eigenvalue weighted by Crippen LogP contribution is -2.45. The van der Waals surface area contributed by atoms with Crippen LogP contribution in [-0.4, -0.2) is 35.0 Å². The number of carbonyl (C=O) groups excluding carboxylic acids is 1. The number of nitrogens with zero attached hydrogens (tertiary/aromatic N) is 1. The fraction of sp³-hybridized carbons (Fsp3) is 0.882. The molecule has 0 radical (unpaired) electrons. The van der Waals surface area contributed by atoms with Crippen molar-refractivity contribution >= 4 is 11.9 Å². The Morgan fingerprint density at radius 1 is 1.10 bits per heavy atom. The van der Waals surface area contributed by atoms with E-state index >= 15 is 0 Å².